The topological polar surface area (TPSA) is 0 Å². The van der Waals surface area contributed by atoms with Crippen molar-refractivity contribution >= 4 is 15.9 Å². The van der Waals surface area contributed by atoms with Crippen LogP contribution in [0.25, 0.3) is 0 Å². The van der Waals surface area contributed by atoms with Crippen LogP contribution in [0.5, 0.6) is 0 Å². The maximum Gasteiger partial charge on any atom is 0.00340 e. The van der Waals surface area contributed by atoms with Crippen LogP contribution in [-0.4, -0.2) is 5.33 Å². The van der Waals surface area contributed by atoms with Crippen molar-refractivity contribution in [2.75, 3.05) is 5.33 Å². The quantitative estimate of drug-likeness (QED) is 0.599. The molecular formula is C8H13Br. The van der Waals surface area contributed by atoms with Gasteiger partial charge in [0.25, 0.3) is 0 Å². The summed E-state index contributed by atoms with van der Waals surface area (Å²) in [6, 6.07) is 0. The number of hydrogen-bond donors (Lipinski definition) is 0. The van der Waals surface area contributed by atoms with Gasteiger partial charge < -0.3 is 0 Å². The maximum atomic E-state index is 3.49. The van der Waals surface area contributed by atoms with E-state index in [-0.39, 0.29) is 0 Å². The van der Waals surface area contributed by atoms with Crippen LogP contribution in [0.15, 0.2) is 0 Å². The Morgan fingerprint density at radius 1 is 1.33 bits per heavy atom. The molecule has 2 fully saturated rings. The number of halogens is 1. The molecule has 2 aliphatic carbocycles. The maximum absolute atomic E-state index is 3.49. The molecule has 0 unspecified atom stereocenters. The lowest BCUT2D eigenvalue weighted by molar-refractivity contribution is 0.620. The molecular weight excluding hydrogens is 176 g/mol. The van der Waals surface area contributed by atoms with Crippen molar-refractivity contribution in [2.45, 2.75) is 25.7 Å². The van der Waals surface area contributed by atoms with E-state index in [0.717, 1.165) is 5.92 Å². The van der Waals surface area contributed by atoms with Crippen LogP contribution in [0, 0.1) is 17.8 Å². The van der Waals surface area contributed by atoms with Crippen LogP contribution in [0.1, 0.15) is 25.7 Å². The van der Waals surface area contributed by atoms with Crippen LogP contribution in [0.3, 0.4) is 0 Å². The van der Waals surface area contributed by atoms with Gasteiger partial charge in [-0.3, -0.25) is 0 Å². The zero-order valence-electron chi connectivity index (χ0n) is 5.65. The first-order valence-corrected chi connectivity index (χ1v) is 5.10. The Balaban J connectivity index is 1.69. The Bertz CT molecular complexity index is 107. The normalized spacial score (nSPS) is 41.0. The van der Waals surface area contributed by atoms with Crippen molar-refractivity contribution in [3.05, 3.63) is 0 Å². The van der Waals surface area contributed by atoms with Gasteiger partial charge in [-0.05, 0) is 43.4 Å². The fourth-order valence-corrected chi connectivity index (χ4v) is 2.43. The van der Waals surface area contributed by atoms with E-state index in [4.69, 9.17) is 0 Å². The number of hydrogen-bond acceptors (Lipinski definition) is 0. The molecule has 0 heterocycles. The monoisotopic (exact) mass is 188 g/mol. The standard InChI is InChI=1S/C8H13Br/c9-4-3-7-5-8(7)6-1-2-6/h6-8H,1-5H2/t7-,8+/m0/s1. The zero-order chi connectivity index (χ0) is 6.27. The Hall–Kier alpha value is 0.480. The second-order valence-electron chi connectivity index (χ2n) is 3.47. The van der Waals surface area contributed by atoms with Crippen LogP contribution >= 0.6 is 15.9 Å². The van der Waals surface area contributed by atoms with E-state index in [1.807, 2.05) is 0 Å². The van der Waals surface area contributed by atoms with Gasteiger partial charge in [0.2, 0.25) is 0 Å². The molecule has 0 nitrogen and oxygen atoms in total. The lowest BCUT2D eigenvalue weighted by Gasteiger charge is -1.91. The Morgan fingerprint density at radius 3 is 2.67 bits per heavy atom. The molecule has 2 rings (SSSR count). The van der Waals surface area contributed by atoms with E-state index in [2.05, 4.69) is 15.9 Å². The summed E-state index contributed by atoms with van der Waals surface area (Å²) in [5.41, 5.74) is 0. The third kappa shape index (κ3) is 1.31. The highest BCUT2D eigenvalue weighted by molar-refractivity contribution is 9.09. The van der Waals surface area contributed by atoms with E-state index >= 15 is 0 Å². The molecule has 0 saturated heterocycles. The van der Waals surface area contributed by atoms with Crippen molar-refractivity contribution in [1.29, 1.82) is 0 Å². The smallest absolute Gasteiger partial charge is 0.00340 e. The van der Waals surface area contributed by atoms with Gasteiger partial charge in [0.1, 0.15) is 0 Å². The highest BCUT2D eigenvalue weighted by atomic mass is 79.9. The third-order valence-electron chi connectivity index (χ3n) is 2.68. The summed E-state index contributed by atoms with van der Waals surface area (Å²) in [7, 11) is 0. The van der Waals surface area contributed by atoms with Crippen molar-refractivity contribution in [2.24, 2.45) is 17.8 Å². The lowest BCUT2D eigenvalue weighted by Crippen LogP contribution is -1.84. The van der Waals surface area contributed by atoms with Crippen LogP contribution < -0.4 is 0 Å². The Morgan fingerprint density at radius 2 is 2.11 bits per heavy atom. The average Bonchev–Trinajstić information content (AvgIpc) is 2.58. The fourth-order valence-electron chi connectivity index (χ4n) is 1.84. The third-order valence-corrected chi connectivity index (χ3v) is 3.14. The predicted molar refractivity (Wildman–Crippen MR) is 42.7 cm³/mol. The summed E-state index contributed by atoms with van der Waals surface area (Å²) >= 11 is 3.49. The summed E-state index contributed by atoms with van der Waals surface area (Å²) in [6.07, 6.45) is 6.07. The fraction of sp³-hybridized carbons (Fsp3) is 1.00. The minimum absolute atomic E-state index is 1.12. The molecule has 0 spiro atoms. The first kappa shape index (κ1) is 6.21. The van der Waals surface area contributed by atoms with E-state index < -0.39 is 0 Å². The van der Waals surface area contributed by atoms with Crippen molar-refractivity contribution < 1.29 is 0 Å². The highest BCUT2D eigenvalue weighted by Crippen LogP contribution is 2.55. The molecule has 0 amide bonds. The van der Waals surface area contributed by atoms with Gasteiger partial charge in [-0.2, -0.15) is 0 Å². The molecule has 2 atom stereocenters. The number of alkyl halides is 1. The minimum atomic E-state index is 1.12. The first-order chi connectivity index (χ1) is 4.42. The van der Waals surface area contributed by atoms with Gasteiger partial charge in [-0.25, -0.2) is 0 Å². The van der Waals surface area contributed by atoms with E-state index in [1.165, 1.54) is 23.6 Å². The van der Waals surface area contributed by atoms with Crippen molar-refractivity contribution in [1.82, 2.24) is 0 Å². The minimum Gasteiger partial charge on any atom is -0.0928 e. The largest absolute Gasteiger partial charge is 0.0928 e. The van der Waals surface area contributed by atoms with Gasteiger partial charge in [0.15, 0.2) is 0 Å². The van der Waals surface area contributed by atoms with E-state index in [0.29, 0.717) is 0 Å². The molecule has 0 aromatic heterocycles. The summed E-state index contributed by atoms with van der Waals surface area (Å²) in [4.78, 5) is 0. The van der Waals surface area contributed by atoms with Crippen molar-refractivity contribution in [3.63, 3.8) is 0 Å². The van der Waals surface area contributed by atoms with Gasteiger partial charge in [0.05, 0.1) is 0 Å². The second kappa shape index (κ2) is 2.26. The molecule has 1 heteroatoms. The molecule has 0 aromatic rings. The Labute approximate surface area is 65.1 Å². The Kier molecular flexibility index (Phi) is 1.56. The summed E-state index contributed by atoms with van der Waals surface area (Å²) in [5, 5.41) is 1.22. The molecule has 2 saturated carbocycles. The molecule has 9 heavy (non-hydrogen) atoms. The first-order valence-electron chi connectivity index (χ1n) is 3.98. The molecule has 0 bridgehead atoms. The van der Waals surface area contributed by atoms with Gasteiger partial charge in [-0.1, -0.05) is 15.9 Å². The second-order valence-corrected chi connectivity index (χ2v) is 4.27. The van der Waals surface area contributed by atoms with Crippen LogP contribution in [0.4, 0.5) is 0 Å². The van der Waals surface area contributed by atoms with Gasteiger partial charge in [0, 0.05) is 5.33 Å². The SMILES string of the molecule is BrCC[C@H]1C[C@@H]1C1CC1. The summed E-state index contributed by atoms with van der Waals surface area (Å²) in [5.74, 6) is 3.47. The zero-order valence-corrected chi connectivity index (χ0v) is 7.23. The molecule has 0 aliphatic heterocycles. The number of rotatable bonds is 3. The van der Waals surface area contributed by atoms with Gasteiger partial charge >= 0.3 is 0 Å². The lowest BCUT2D eigenvalue weighted by atomic mass is 10.2. The van der Waals surface area contributed by atoms with E-state index in [1.54, 1.807) is 19.3 Å². The molecule has 0 aromatic carbocycles. The predicted octanol–water partition coefficient (Wildman–Crippen LogP) is 2.82. The molecule has 0 radical (unpaired) electrons. The van der Waals surface area contributed by atoms with Crippen LogP contribution in [-0.2, 0) is 0 Å². The molecule has 52 valence electrons. The average molecular weight is 189 g/mol. The van der Waals surface area contributed by atoms with Crippen LogP contribution in [0.2, 0.25) is 0 Å². The van der Waals surface area contributed by atoms with E-state index in [9.17, 15) is 0 Å². The van der Waals surface area contributed by atoms with Crippen molar-refractivity contribution in [3.8, 4) is 0 Å². The summed E-state index contributed by atoms with van der Waals surface area (Å²) in [6.45, 7) is 0. The molecule has 2 aliphatic rings. The summed E-state index contributed by atoms with van der Waals surface area (Å²) < 4.78 is 0. The molecule has 0 N–H and O–H groups in total. The highest BCUT2D eigenvalue weighted by Gasteiger charge is 2.46. The van der Waals surface area contributed by atoms with Gasteiger partial charge in [-0.15, -0.1) is 0 Å².